The maximum atomic E-state index is 12.7. The van der Waals surface area contributed by atoms with Gasteiger partial charge in [0.1, 0.15) is 5.75 Å². The van der Waals surface area contributed by atoms with Crippen LogP contribution in [0.2, 0.25) is 0 Å². The molecular formula is C23H29N3O3. The van der Waals surface area contributed by atoms with Crippen molar-refractivity contribution in [3.8, 4) is 5.75 Å². The summed E-state index contributed by atoms with van der Waals surface area (Å²) < 4.78 is 5.55. The molecule has 2 aromatic carbocycles. The third-order valence-corrected chi connectivity index (χ3v) is 5.10. The number of aryl methyl sites for hydroxylation is 1. The Labute approximate surface area is 172 Å². The summed E-state index contributed by atoms with van der Waals surface area (Å²) in [6, 6.07) is 15.2. The molecule has 6 nitrogen and oxygen atoms in total. The van der Waals surface area contributed by atoms with Gasteiger partial charge in [-0.05, 0) is 43.2 Å². The van der Waals surface area contributed by atoms with Gasteiger partial charge in [-0.25, -0.2) is 0 Å². The number of rotatable bonds is 7. The Bertz CT molecular complexity index is 828. The smallest absolute Gasteiger partial charge is 0.253 e. The summed E-state index contributed by atoms with van der Waals surface area (Å²) in [7, 11) is 0. The SMILES string of the molecule is CCOc1ccccc1NC(=O)CN1CCN(C(=O)c2ccc(CC)cc2)CC1. The molecule has 6 heteroatoms. The monoisotopic (exact) mass is 395 g/mol. The summed E-state index contributed by atoms with van der Waals surface area (Å²) in [6.07, 6.45) is 0.963. The largest absolute Gasteiger partial charge is 0.492 e. The highest BCUT2D eigenvalue weighted by molar-refractivity contribution is 5.95. The van der Waals surface area contributed by atoms with Crippen molar-refractivity contribution >= 4 is 17.5 Å². The summed E-state index contributed by atoms with van der Waals surface area (Å²) in [5.74, 6) is 0.655. The topological polar surface area (TPSA) is 61.9 Å². The molecular weight excluding hydrogens is 366 g/mol. The van der Waals surface area contributed by atoms with Crippen LogP contribution in [0.1, 0.15) is 29.8 Å². The van der Waals surface area contributed by atoms with Crippen LogP contribution in [0.4, 0.5) is 5.69 Å². The van der Waals surface area contributed by atoms with Crippen molar-refractivity contribution in [2.24, 2.45) is 0 Å². The molecule has 0 radical (unpaired) electrons. The zero-order valence-electron chi connectivity index (χ0n) is 17.2. The Hall–Kier alpha value is -2.86. The van der Waals surface area contributed by atoms with E-state index in [-0.39, 0.29) is 11.8 Å². The number of benzene rings is 2. The average molecular weight is 396 g/mol. The molecule has 0 unspecified atom stereocenters. The first-order chi connectivity index (χ1) is 14.1. The second kappa shape index (κ2) is 10.1. The van der Waals surface area contributed by atoms with Crippen LogP contribution < -0.4 is 10.1 Å². The first-order valence-electron chi connectivity index (χ1n) is 10.2. The molecule has 29 heavy (non-hydrogen) atoms. The van der Waals surface area contributed by atoms with Gasteiger partial charge in [-0.1, -0.05) is 31.2 Å². The maximum absolute atomic E-state index is 12.7. The van der Waals surface area contributed by atoms with Crippen LogP contribution in [0.25, 0.3) is 0 Å². The number of ether oxygens (including phenoxy) is 1. The molecule has 154 valence electrons. The van der Waals surface area contributed by atoms with Crippen molar-refractivity contribution in [3.63, 3.8) is 0 Å². The molecule has 1 aliphatic heterocycles. The fraction of sp³-hybridized carbons (Fsp3) is 0.391. The number of carbonyl (C=O) groups excluding carboxylic acids is 2. The number of hydrogen-bond acceptors (Lipinski definition) is 4. The summed E-state index contributed by atoms with van der Waals surface area (Å²) in [5.41, 5.74) is 2.63. The molecule has 1 fully saturated rings. The molecule has 0 aliphatic carbocycles. The minimum Gasteiger partial charge on any atom is -0.492 e. The van der Waals surface area contributed by atoms with Crippen molar-refractivity contribution in [1.82, 2.24) is 9.80 Å². The van der Waals surface area contributed by atoms with Crippen LogP contribution in [0.15, 0.2) is 48.5 Å². The molecule has 2 amide bonds. The fourth-order valence-electron chi connectivity index (χ4n) is 3.42. The van der Waals surface area contributed by atoms with Gasteiger partial charge in [0.25, 0.3) is 5.91 Å². The minimum absolute atomic E-state index is 0.0578. The van der Waals surface area contributed by atoms with Crippen LogP contribution in [-0.4, -0.2) is 60.9 Å². The van der Waals surface area contributed by atoms with E-state index in [1.807, 2.05) is 60.4 Å². The number of hydrogen-bond donors (Lipinski definition) is 1. The van der Waals surface area contributed by atoms with Gasteiger partial charge in [0, 0.05) is 31.7 Å². The number of anilines is 1. The normalized spacial score (nSPS) is 14.5. The summed E-state index contributed by atoms with van der Waals surface area (Å²) >= 11 is 0. The van der Waals surface area contributed by atoms with E-state index in [9.17, 15) is 9.59 Å². The zero-order chi connectivity index (χ0) is 20.6. The van der Waals surface area contributed by atoms with Gasteiger partial charge in [0.05, 0.1) is 18.8 Å². The third kappa shape index (κ3) is 5.57. The van der Waals surface area contributed by atoms with Crippen molar-refractivity contribution < 1.29 is 14.3 Å². The number of carbonyl (C=O) groups is 2. The molecule has 1 N–H and O–H groups in total. The molecule has 0 spiro atoms. The van der Waals surface area contributed by atoms with E-state index < -0.39 is 0 Å². The van der Waals surface area contributed by atoms with E-state index in [1.165, 1.54) is 5.56 Å². The van der Waals surface area contributed by atoms with Crippen LogP contribution in [-0.2, 0) is 11.2 Å². The van der Waals surface area contributed by atoms with Crippen LogP contribution in [0, 0.1) is 0 Å². The number of piperazine rings is 1. The molecule has 1 heterocycles. The van der Waals surface area contributed by atoms with E-state index in [1.54, 1.807) is 0 Å². The van der Waals surface area contributed by atoms with Crippen LogP contribution >= 0.6 is 0 Å². The van der Waals surface area contributed by atoms with Gasteiger partial charge in [0.15, 0.2) is 0 Å². The predicted molar refractivity (Wildman–Crippen MR) is 114 cm³/mol. The number of amides is 2. The first kappa shape index (κ1) is 20.9. The van der Waals surface area contributed by atoms with Crippen LogP contribution in [0.3, 0.4) is 0 Å². The van der Waals surface area contributed by atoms with E-state index in [0.29, 0.717) is 50.8 Å². The Morgan fingerprint density at radius 2 is 1.66 bits per heavy atom. The Morgan fingerprint density at radius 3 is 2.31 bits per heavy atom. The van der Waals surface area contributed by atoms with E-state index in [0.717, 1.165) is 12.0 Å². The van der Waals surface area contributed by atoms with Gasteiger partial charge in [-0.2, -0.15) is 0 Å². The van der Waals surface area contributed by atoms with Crippen molar-refractivity contribution in [2.75, 3.05) is 44.6 Å². The summed E-state index contributed by atoms with van der Waals surface area (Å²) in [6.45, 7) is 7.46. The summed E-state index contributed by atoms with van der Waals surface area (Å²) in [4.78, 5) is 29.1. The van der Waals surface area contributed by atoms with Crippen molar-refractivity contribution in [3.05, 3.63) is 59.7 Å². The lowest BCUT2D eigenvalue weighted by Gasteiger charge is -2.34. The minimum atomic E-state index is -0.0768. The molecule has 0 bridgehead atoms. The molecule has 1 aliphatic rings. The Morgan fingerprint density at radius 1 is 0.966 bits per heavy atom. The fourth-order valence-corrected chi connectivity index (χ4v) is 3.42. The third-order valence-electron chi connectivity index (χ3n) is 5.10. The highest BCUT2D eigenvalue weighted by Crippen LogP contribution is 2.23. The Kier molecular flexibility index (Phi) is 7.25. The number of nitrogens with zero attached hydrogens (tertiary/aromatic N) is 2. The maximum Gasteiger partial charge on any atom is 0.253 e. The number of para-hydroxylation sites is 2. The van der Waals surface area contributed by atoms with Crippen molar-refractivity contribution in [2.45, 2.75) is 20.3 Å². The van der Waals surface area contributed by atoms with Gasteiger partial charge < -0.3 is 15.0 Å². The van der Waals surface area contributed by atoms with Gasteiger partial charge in [0.2, 0.25) is 5.91 Å². The van der Waals surface area contributed by atoms with Gasteiger partial charge >= 0.3 is 0 Å². The standard InChI is InChI=1S/C23H29N3O3/c1-3-18-9-11-19(12-10-18)23(28)26-15-13-25(14-16-26)17-22(27)24-20-7-5-6-8-21(20)29-4-2/h5-12H,3-4,13-17H2,1-2H3,(H,24,27). The van der Waals surface area contributed by atoms with Crippen molar-refractivity contribution in [1.29, 1.82) is 0 Å². The second-order valence-electron chi connectivity index (χ2n) is 7.10. The molecule has 0 atom stereocenters. The van der Waals surface area contributed by atoms with E-state index in [2.05, 4.69) is 17.1 Å². The lowest BCUT2D eigenvalue weighted by Crippen LogP contribution is -2.50. The molecule has 1 saturated heterocycles. The first-order valence-corrected chi connectivity index (χ1v) is 10.2. The second-order valence-corrected chi connectivity index (χ2v) is 7.10. The molecule has 3 rings (SSSR count). The molecule has 0 aromatic heterocycles. The predicted octanol–water partition coefficient (Wildman–Crippen LogP) is 3.04. The Balaban J connectivity index is 1.49. The van der Waals surface area contributed by atoms with E-state index in [4.69, 9.17) is 4.74 Å². The number of nitrogens with one attached hydrogen (secondary N) is 1. The average Bonchev–Trinajstić information content (AvgIpc) is 2.75. The van der Waals surface area contributed by atoms with Gasteiger partial charge in [-0.3, -0.25) is 14.5 Å². The van der Waals surface area contributed by atoms with Gasteiger partial charge in [-0.15, -0.1) is 0 Å². The lowest BCUT2D eigenvalue weighted by atomic mass is 10.1. The molecule has 0 saturated carbocycles. The lowest BCUT2D eigenvalue weighted by molar-refractivity contribution is -0.117. The van der Waals surface area contributed by atoms with Crippen LogP contribution in [0.5, 0.6) is 5.75 Å². The van der Waals surface area contributed by atoms with E-state index >= 15 is 0 Å². The zero-order valence-corrected chi connectivity index (χ0v) is 17.2. The highest BCUT2D eigenvalue weighted by Gasteiger charge is 2.23. The highest BCUT2D eigenvalue weighted by atomic mass is 16.5. The molecule has 2 aromatic rings. The summed E-state index contributed by atoms with van der Waals surface area (Å²) in [5, 5.41) is 2.93. The quantitative estimate of drug-likeness (QED) is 0.783.